The van der Waals surface area contributed by atoms with Gasteiger partial charge < -0.3 is 0 Å². The van der Waals surface area contributed by atoms with Gasteiger partial charge in [0, 0.05) is 16.0 Å². The van der Waals surface area contributed by atoms with Crippen molar-refractivity contribution in [3.05, 3.63) is 87.5 Å². The van der Waals surface area contributed by atoms with Gasteiger partial charge in [0.2, 0.25) is 0 Å². The first-order valence-corrected chi connectivity index (χ1v) is 8.99. The molecule has 7 heteroatoms. The SMILES string of the molecule is Cc1sc2ncn(NC(=O)c3ccc(F)cc3)c(=O)c2c1-c1ccccc1. The molecule has 2 heterocycles. The highest BCUT2D eigenvalue weighted by Crippen LogP contribution is 2.35. The molecule has 4 rings (SSSR count). The Hall–Kier alpha value is -3.32. The molecule has 0 atom stereocenters. The minimum absolute atomic E-state index is 0.244. The first-order valence-electron chi connectivity index (χ1n) is 8.17. The summed E-state index contributed by atoms with van der Waals surface area (Å²) >= 11 is 1.43. The van der Waals surface area contributed by atoms with Gasteiger partial charge in [0.15, 0.2) is 0 Å². The van der Waals surface area contributed by atoms with Crippen LogP contribution >= 0.6 is 11.3 Å². The number of thiophene rings is 1. The number of hydrogen-bond acceptors (Lipinski definition) is 4. The van der Waals surface area contributed by atoms with Crippen molar-refractivity contribution in [2.75, 3.05) is 5.43 Å². The molecule has 0 aliphatic rings. The molecule has 0 spiro atoms. The van der Waals surface area contributed by atoms with Gasteiger partial charge in [0.05, 0.1) is 5.39 Å². The van der Waals surface area contributed by atoms with Gasteiger partial charge in [0.25, 0.3) is 11.5 Å². The zero-order valence-electron chi connectivity index (χ0n) is 14.3. The van der Waals surface area contributed by atoms with Crippen molar-refractivity contribution in [1.82, 2.24) is 9.66 Å². The van der Waals surface area contributed by atoms with Crippen LogP contribution in [0.2, 0.25) is 0 Å². The number of benzene rings is 2. The smallest absolute Gasteiger partial charge is 0.267 e. The molecule has 27 heavy (non-hydrogen) atoms. The number of rotatable bonds is 3. The van der Waals surface area contributed by atoms with Crippen LogP contribution in [0.1, 0.15) is 15.2 Å². The minimum Gasteiger partial charge on any atom is -0.267 e. The number of halogens is 1. The Morgan fingerprint density at radius 2 is 1.81 bits per heavy atom. The molecule has 0 saturated carbocycles. The van der Waals surface area contributed by atoms with Crippen molar-refractivity contribution in [1.29, 1.82) is 0 Å². The maximum atomic E-state index is 13.0. The van der Waals surface area contributed by atoms with Crippen molar-refractivity contribution in [2.24, 2.45) is 0 Å². The Morgan fingerprint density at radius 1 is 1.11 bits per heavy atom. The normalized spacial score (nSPS) is 10.9. The van der Waals surface area contributed by atoms with Gasteiger partial charge in [-0.1, -0.05) is 30.3 Å². The molecule has 0 aliphatic heterocycles. The van der Waals surface area contributed by atoms with E-state index in [1.807, 2.05) is 37.3 Å². The Kier molecular flexibility index (Phi) is 4.29. The number of carbonyl (C=O) groups is 1. The zero-order valence-corrected chi connectivity index (χ0v) is 15.1. The van der Waals surface area contributed by atoms with Gasteiger partial charge in [-0.15, -0.1) is 11.3 Å². The zero-order chi connectivity index (χ0) is 19.0. The van der Waals surface area contributed by atoms with E-state index < -0.39 is 11.7 Å². The Morgan fingerprint density at radius 3 is 2.52 bits per heavy atom. The van der Waals surface area contributed by atoms with E-state index in [1.165, 1.54) is 41.9 Å². The quantitative estimate of drug-likeness (QED) is 0.586. The number of carbonyl (C=O) groups excluding carboxylic acids is 1. The fourth-order valence-electron chi connectivity index (χ4n) is 2.91. The second-order valence-electron chi connectivity index (χ2n) is 5.95. The maximum Gasteiger partial charge on any atom is 0.281 e. The molecule has 4 aromatic rings. The summed E-state index contributed by atoms with van der Waals surface area (Å²) in [4.78, 5) is 31.3. The van der Waals surface area contributed by atoms with E-state index in [9.17, 15) is 14.0 Å². The first-order chi connectivity index (χ1) is 13.0. The predicted octanol–water partition coefficient (Wildman–Crippen LogP) is 3.96. The number of aryl methyl sites for hydroxylation is 1. The number of hydrogen-bond donors (Lipinski definition) is 1. The number of aromatic nitrogens is 2. The van der Waals surface area contributed by atoms with Gasteiger partial charge in [0.1, 0.15) is 17.0 Å². The van der Waals surface area contributed by atoms with Gasteiger partial charge >= 0.3 is 0 Å². The largest absolute Gasteiger partial charge is 0.281 e. The molecule has 0 radical (unpaired) electrons. The number of amides is 1. The monoisotopic (exact) mass is 379 g/mol. The Bertz CT molecular complexity index is 1200. The van der Waals surface area contributed by atoms with Crippen molar-refractivity contribution in [2.45, 2.75) is 6.92 Å². The van der Waals surface area contributed by atoms with Crippen LogP contribution in [0.3, 0.4) is 0 Å². The van der Waals surface area contributed by atoms with Crippen LogP contribution in [0, 0.1) is 12.7 Å². The van der Waals surface area contributed by atoms with E-state index in [4.69, 9.17) is 0 Å². The molecule has 2 aromatic heterocycles. The Labute approximate surface area is 157 Å². The number of fused-ring (bicyclic) bond motifs is 1. The van der Waals surface area contributed by atoms with Crippen LogP contribution in [-0.2, 0) is 0 Å². The van der Waals surface area contributed by atoms with Gasteiger partial charge in [-0.3, -0.25) is 15.0 Å². The fourth-order valence-corrected chi connectivity index (χ4v) is 3.91. The summed E-state index contributed by atoms with van der Waals surface area (Å²) in [5, 5.41) is 0.464. The molecule has 2 aromatic carbocycles. The van der Waals surface area contributed by atoms with Crippen LogP contribution in [0.4, 0.5) is 4.39 Å². The van der Waals surface area contributed by atoms with Crippen LogP contribution < -0.4 is 11.0 Å². The molecular weight excluding hydrogens is 365 g/mol. The molecular formula is C20H14FN3O2S. The summed E-state index contributed by atoms with van der Waals surface area (Å²) in [7, 11) is 0. The summed E-state index contributed by atoms with van der Waals surface area (Å²) in [6.45, 7) is 1.94. The van der Waals surface area contributed by atoms with Crippen molar-refractivity contribution in [3.8, 4) is 11.1 Å². The lowest BCUT2D eigenvalue weighted by Gasteiger charge is -2.08. The van der Waals surface area contributed by atoms with E-state index in [0.717, 1.165) is 20.7 Å². The molecule has 0 aliphatic carbocycles. The average molecular weight is 379 g/mol. The molecule has 0 fully saturated rings. The molecule has 0 saturated heterocycles. The summed E-state index contributed by atoms with van der Waals surface area (Å²) in [6, 6.07) is 14.7. The summed E-state index contributed by atoms with van der Waals surface area (Å²) in [5.74, 6) is -0.959. The van der Waals surface area contributed by atoms with E-state index >= 15 is 0 Å². The van der Waals surface area contributed by atoms with Gasteiger partial charge in [-0.25, -0.2) is 14.1 Å². The number of nitrogens with zero attached hydrogens (tertiary/aromatic N) is 2. The van der Waals surface area contributed by atoms with E-state index in [2.05, 4.69) is 10.4 Å². The summed E-state index contributed by atoms with van der Waals surface area (Å²) < 4.78 is 14.1. The third-order valence-electron chi connectivity index (χ3n) is 4.18. The molecule has 0 bridgehead atoms. The van der Waals surface area contributed by atoms with E-state index in [-0.39, 0.29) is 11.1 Å². The van der Waals surface area contributed by atoms with Crippen molar-refractivity contribution in [3.63, 3.8) is 0 Å². The average Bonchev–Trinajstić information content (AvgIpc) is 3.02. The molecule has 5 nitrogen and oxygen atoms in total. The van der Waals surface area contributed by atoms with Crippen LogP contribution in [-0.4, -0.2) is 15.6 Å². The van der Waals surface area contributed by atoms with Crippen LogP contribution in [0.15, 0.2) is 65.7 Å². The third kappa shape index (κ3) is 3.13. The Balaban J connectivity index is 1.79. The van der Waals surface area contributed by atoms with Crippen molar-refractivity contribution < 1.29 is 9.18 Å². The third-order valence-corrected chi connectivity index (χ3v) is 5.19. The topological polar surface area (TPSA) is 64.0 Å². The van der Waals surface area contributed by atoms with Crippen LogP contribution in [0.25, 0.3) is 21.3 Å². The highest BCUT2D eigenvalue weighted by molar-refractivity contribution is 7.19. The predicted molar refractivity (Wildman–Crippen MR) is 104 cm³/mol. The lowest BCUT2D eigenvalue weighted by molar-refractivity contribution is 0.101. The highest BCUT2D eigenvalue weighted by atomic mass is 32.1. The van der Waals surface area contributed by atoms with Gasteiger partial charge in [-0.2, -0.15) is 0 Å². The molecule has 134 valence electrons. The molecule has 1 amide bonds. The second-order valence-corrected chi connectivity index (χ2v) is 7.15. The van der Waals surface area contributed by atoms with Gasteiger partial charge in [-0.05, 0) is 36.8 Å². The summed E-state index contributed by atoms with van der Waals surface area (Å²) in [6.07, 6.45) is 1.29. The first kappa shape index (κ1) is 17.1. The molecule has 0 unspecified atom stereocenters. The molecule has 1 N–H and O–H groups in total. The number of nitrogens with one attached hydrogen (secondary N) is 1. The van der Waals surface area contributed by atoms with E-state index in [1.54, 1.807) is 0 Å². The summed E-state index contributed by atoms with van der Waals surface area (Å²) in [5.41, 5.74) is 4.13. The lowest BCUT2D eigenvalue weighted by atomic mass is 10.0. The minimum atomic E-state index is -0.522. The van der Waals surface area contributed by atoms with Crippen molar-refractivity contribution >= 4 is 27.5 Å². The van der Waals surface area contributed by atoms with Crippen LogP contribution in [0.5, 0.6) is 0 Å². The standard InChI is InChI=1S/C20H14FN3O2S/c1-12-16(13-5-3-2-4-6-13)17-19(27-12)22-11-24(20(17)26)23-18(25)14-7-9-15(21)10-8-14/h2-11H,1H3,(H,23,25). The fraction of sp³-hybridized carbons (Fsp3) is 0.0500. The van der Waals surface area contributed by atoms with E-state index in [0.29, 0.717) is 10.2 Å². The highest BCUT2D eigenvalue weighted by Gasteiger charge is 2.17. The maximum absolute atomic E-state index is 13.0. The second kappa shape index (κ2) is 6.77. The lowest BCUT2D eigenvalue weighted by Crippen LogP contribution is -2.33.